The molecule has 0 aromatic heterocycles. The standard InChI is InChI=1S/C28H35N3O3/c1-3-17-30(18-16-23-10-7-11-27(21-23)33-2)19-20-31(28(29)32)25-12-14-26(15-13-25)34-22-24-8-5-4-6-9-24/h4-15,21H,3,16-20,22H2,1-2H3,(H2,29,32). The van der Waals surface area contributed by atoms with Gasteiger partial charge in [0.05, 0.1) is 7.11 Å². The van der Waals surface area contributed by atoms with E-state index in [1.165, 1.54) is 5.56 Å². The first-order valence-corrected chi connectivity index (χ1v) is 11.8. The van der Waals surface area contributed by atoms with Crippen LogP contribution in [0.1, 0.15) is 24.5 Å². The Morgan fingerprint density at radius 2 is 1.56 bits per heavy atom. The third-order valence-electron chi connectivity index (χ3n) is 5.69. The number of rotatable bonds is 13. The van der Waals surface area contributed by atoms with Gasteiger partial charge in [-0.25, -0.2) is 4.79 Å². The summed E-state index contributed by atoms with van der Waals surface area (Å²) < 4.78 is 11.2. The number of carbonyl (C=O) groups is 1. The minimum absolute atomic E-state index is 0.456. The Kier molecular flexibility index (Phi) is 9.80. The zero-order valence-electron chi connectivity index (χ0n) is 20.2. The molecule has 0 saturated heterocycles. The van der Waals surface area contributed by atoms with Crippen molar-refractivity contribution in [3.63, 3.8) is 0 Å². The lowest BCUT2D eigenvalue weighted by Gasteiger charge is -2.27. The van der Waals surface area contributed by atoms with Gasteiger partial charge in [0.15, 0.2) is 0 Å². The fourth-order valence-corrected chi connectivity index (χ4v) is 3.84. The molecule has 34 heavy (non-hydrogen) atoms. The molecule has 0 atom stereocenters. The molecule has 0 aliphatic rings. The SMILES string of the molecule is CCCN(CCc1cccc(OC)c1)CCN(C(N)=O)c1ccc(OCc2ccccc2)cc1. The van der Waals surface area contributed by atoms with Crippen LogP contribution in [-0.2, 0) is 13.0 Å². The Morgan fingerprint density at radius 1 is 0.824 bits per heavy atom. The van der Waals surface area contributed by atoms with E-state index in [0.29, 0.717) is 13.2 Å². The van der Waals surface area contributed by atoms with Gasteiger partial charge in [-0.1, -0.05) is 49.4 Å². The van der Waals surface area contributed by atoms with Gasteiger partial charge < -0.3 is 20.1 Å². The second-order valence-electron chi connectivity index (χ2n) is 8.20. The van der Waals surface area contributed by atoms with Crippen molar-refractivity contribution >= 4 is 11.7 Å². The number of methoxy groups -OCH3 is 1. The highest BCUT2D eigenvalue weighted by Crippen LogP contribution is 2.21. The Morgan fingerprint density at radius 3 is 2.24 bits per heavy atom. The van der Waals surface area contributed by atoms with Gasteiger partial charge in [-0.15, -0.1) is 0 Å². The normalized spacial score (nSPS) is 10.8. The number of benzene rings is 3. The number of ether oxygens (including phenoxy) is 2. The van der Waals surface area contributed by atoms with Crippen molar-refractivity contribution in [2.45, 2.75) is 26.4 Å². The topological polar surface area (TPSA) is 68.0 Å². The molecule has 3 aromatic carbocycles. The molecular weight excluding hydrogens is 426 g/mol. The third kappa shape index (κ3) is 7.81. The van der Waals surface area contributed by atoms with E-state index in [9.17, 15) is 4.79 Å². The highest BCUT2D eigenvalue weighted by atomic mass is 16.5. The molecule has 3 rings (SSSR count). The van der Waals surface area contributed by atoms with Crippen molar-refractivity contribution < 1.29 is 14.3 Å². The highest BCUT2D eigenvalue weighted by molar-refractivity contribution is 5.90. The summed E-state index contributed by atoms with van der Waals surface area (Å²) in [5.74, 6) is 1.62. The van der Waals surface area contributed by atoms with Gasteiger partial charge in [0.25, 0.3) is 0 Å². The van der Waals surface area contributed by atoms with E-state index >= 15 is 0 Å². The minimum Gasteiger partial charge on any atom is -0.497 e. The second-order valence-corrected chi connectivity index (χ2v) is 8.20. The fourth-order valence-electron chi connectivity index (χ4n) is 3.84. The maximum atomic E-state index is 12.2. The molecule has 3 aromatic rings. The van der Waals surface area contributed by atoms with Crippen LogP contribution in [0.25, 0.3) is 0 Å². The first-order chi connectivity index (χ1) is 16.6. The van der Waals surface area contributed by atoms with E-state index in [4.69, 9.17) is 15.2 Å². The summed E-state index contributed by atoms with van der Waals surface area (Å²) in [6.07, 6.45) is 1.96. The van der Waals surface area contributed by atoms with E-state index < -0.39 is 6.03 Å². The number of hydrogen-bond donors (Lipinski definition) is 1. The zero-order chi connectivity index (χ0) is 24.2. The summed E-state index contributed by atoms with van der Waals surface area (Å²) in [5, 5.41) is 0. The van der Waals surface area contributed by atoms with Crippen LogP contribution in [0.3, 0.4) is 0 Å². The number of urea groups is 1. The van der Waals surface area contributed by atoms with Gasteiger partial charge in [0.2, 0.25) is 0 Å². The second kappa shape index (κ2) is 13.3. The smallest absolute Gasteiger partial charge is 0.319 e. The van der Waals surface area contributed by atoms with Crippen LogP contribution in [0.5, 0.6) is 11.5 Å². The molecule has 6 nitrogen and oxygen atoms in total. The van der Waals surface area contributed by atoms with Crippen LogP contribution in [0.4, 0.5) is 10.5 Å². The van der Waals surface area contributed by atoms with Gasteiger partial charge in [0.1, 0.15) is 18.1 Å². The van der Waals surface area contributed by atoms with Gasteiger partial charge in [-0.2, -0.15) is 0 Å². The van der Waals surface area contributed by atoms with E-state index in [2.05, 4.69) is 24.0 Å². The lowest BCUT2D eigenvalue weighted by Crippen LogP contribution is -2.42. The molecule has 2 N–H and O–H groups in total. The number of amides is 2. The summed E-state index contributed by atoms with van der Waals surface area (Å²) >= 11 is 0. The molecule has 6 heteroatoms. The first kappa shape index (κ1) is 25.1. The molecule has 2 amide bonds. The van der Waals surface area contributed by atoms with E-state index in [1.54, 1.807) is 12.0 Å². The van der Waals surface area contributed by atoms with Crippen molar-refractivity contribution in [1.82, 2.24) is 4.90 Å². The summed E-state index contributed by atoms with van der Waals surface area (Å²) in [6.45, 7) is 5.80. The lowest BCUT2D eigenvalue weighted by atomic mass is 10.1. The number of nitrogens with two attached hydrogens (primary N) is 1. The van der Waals surface area contributed by atoms with E-state index in [0.717, 1.165) is 55.2 Å². The summed E-state index contributed by atoms with van der Waals surface area (Å²) in [7, 11) is 1.68. The molecular formula is C28H35N3O3. The predicted molar refractivity (Wildman–Crippen MR) is 138 cm³/mol. The van der Waals surface area contributed by atoms with Crippen molar-refractivity contribution in [1.29, 1.82) is 0 Å². The number of hydrogen-bond acceptors (Lipinski definition) is 4. The maximum absolute atomic E-state index is 12.2. The van der Waals surface area contributed by atoms with E-state index in [1.807, 2.05) is 66.7 Å². The molecule has 0 radical (unpaired) electrons. The molecule has 0 fully saturated rings. The lowest BCUT2D eigenvalue weighted by molar-refractivity contribution is 0.249. The quantitative estimate of drug-likeness (QED) is 0.384. The number of carbonyl (C=O) groups excluding carboxylic acids is 1. The summed E-state index contributed by atoms with van der Waals surface area (Å²) in [4.78, 5) is 16.2. The van der Waals surface area contributed by atoms with Crippen LogP contribution in [0.15, 0.2) is 78.9 Å². The molecule has 0 unspecified atom stereocenters. The molecule has 0 saturated carbocycles. The minimum atomic E-state index is -0.456. The van der Waals surface area contributed by atoms with Crippen LogP contribution in [0, 0.1) is 0 Å². The van der Waals surface area contributed by atoms with Crippen LogP contribution in [-0.4, -0.2) is 44.2 Å². The Balaban J connectivity index is 1.56. The van der Waals surface area contributed by atoms with Crippen molar-refractivity contribution in [3.05, 3.63) is 90.0 Å². The number of anilines is 1. The van der Waals surface area contributed by atoms with Crippen molar-refractivity contribution in [2.24, 2.45) is 5.73 Å². The average molecular weight is 462 g/mol. The molecule has 0 heterocycles. The Labute approximate surface area is 202 Å². The van der Waals surface area contributed by atoms with Gasteiger partial charge in [-0.3, -0.25) is 4.90 Å². The van der Waals surface area contributed by atoms with Gasteiger partial charge >= 0.3 is 6.03 Å². The Hall–Kier alpha value is -3.51. The summed E-state index contributed by atoms with van der Waals surface area (Å²) in [5.41, 5.74) is 8.83. The molecule has 0 aliphatic carbocycles. The third-order valence-corrected chi connectivity index (χ3v) is 5.69. The van der Waals surface area contributed by atoms with Crippen molar-refractivity contribution in [3.8, 4) is 11.5 Å². The van der Waals surface area contributed by atoms with E-state index in [-0.39, 0.29) is 0 Å². The number of nitrogens with zero attached hydrogens (tertiary/aromatic N) is 2. The molecule has 180 valence electrons. The van der Waals surface area contributed by atoms with Gasteiger partial charge in [0, 0.05) is 25.3 Å². The fraction of sp³-hybridized carbons (Fsp3) is 0.321. The first-order valence-electron chi connectivity index (χ1n) is 11.8. The predicted octanol–water partition coefficient (Wildman–Crippen LogP) is 5.11. The number of primary amides is 1. The zero-order valence-corrected chi connectivity index (χ0v) is 20.2. The highest BCUT2D eigenvalue weighted by Gasteiger charge is 2.15. The van der Waals surface area contributed by atoms with Crippen LogP contribution < -0.4 is 20.1 Å². The van der Waals surface area contributed by atoms with Crippen LogP contribution in [0.2, 0.25) is 0 Å². The molecule has 0 aliphatic heterocycles. The van der Waals surface area contributed by atoms with Gasteiger partial charge in [-0.05, 0) is 66.9 Å². The maximum Gasteiger partial charge on any atom is 0.319 e. The average Bonchev–Trinajstić information content (AvgIpc) is 2.87. The Bertz CT molecular complexity index is 1010. The monoisotopic (exact) mass is 461 g/mol. The molecule has 0 spiro atoms. The van der Waals surface area contributed by atoms with Crippen LogP contribution >= 0.6 is 0 Å². The summed E-state index contributed by atoms with van der Waals surface area (Å²) in [6, 6.07) is 25.2. The molecule has 0 bridgehead atoms. The largest absolute Gasteiger partial charge is 0.497 e. The van der Waals surface area contributed by atoms with Crippen molar-refractivity contribution in [2.75, 3.05) is 38.2 Å².